The summed E-state index contributed by atoms with van der Waals surface area (Å²) in [7, 11) is 3.85. The van der Waals surface area contributed by atoms with Gasteiger partial charge in [-0.3, -0.25) is 4.90 Å². The molecule has 0 fully saturated rings. The van der Waals surface area contributed by atoms with Gasteiger partial charge in [0.25, 0.3) is 0 Å². The van der Waals surface area contributed by atoms with E-state index in [9.17, 15) is 4.39 Å². The lowest BCUT2D eigenvalue weighted by molar-refractivity contribution is 0.0293. The first kappa shape index (κ1) is 18.1. The van der Waals surface area contributed by atoms with Gasteiger partial charge in [-0.05, 0) is 31.2 Å². The minimum Gasteiger partial charge on any atom is -0.458 e. The molecule has 0 aliphatic carbocycles. The number of nitrogens with zero attached hydrogens (tertiary/aromatic N) is 3. The van der Waals surface area contributed by atoms with Gasteiger partial charge in [-0.15, -0.1) is 0 Å². The van der Waals surface area contributed by atoms with E-state index in [1.54, 1.807) is 28.9 Å². The summed E-state index contributed by atoms with van der Waals surface area (Å²) in [6, 6.07) is 18.7. The Morgan fingerprint density at radius 1 is 1.12 bits per heavy atom. The number of halogens is 1. The minimum atomic E-state index is -0.287. The van der Waals surface area contributed by atoms with Crippen molar-refractivity contribution in [2.45, 2.75) is 26.1 Å². The molecule has 0 aliphatic heterocycles. The summed E-state index contributed by atoms with van der Waals surface area (Å²) in [5, 5.41) is 4.41. The molecule has 26 heavy (non-hydrogen) atoms. The maximum absolute atomic E-state index is 14.0. The van der Waals surface area contributed by atoms with E-state index in [0.717, 1.165) is 13.0 Å². The molecule has 1 heterocycles. The van der Waals surface area contributed by atoms with Crippen molar-refractivity contribution < 1.29 is 9.13 Å². The van der Waals surface area contributed by atoms with Crippen LogP contribution in [0.2, 0.25) is 0 Å². The highest BCUT2D eigenvalue weighted by molar-refractivity contribution is 5.60. The van der Waals surface area contributed by atoms with E-state index >= 15 is 0 Å². The molecule has 0 saturated carbocycles. The summed E-state index contributed by atoms with van der Waals surface area (Å²) in [5.41, 5.74) is 2.28. The third-order valence-corrected chi connectivity index (χ3v) is 4.36. The zero-order chi connectivity index (χ0) is 18.5. The average Bonchev–Trinajstić information content (AvgIpc) is 3.01. The molecule has 0 bridgehead atoms. The topological polar surface area (TPSA) is 30.3 Å². The fraction of sp³-hybridized carbons (Fsp3) is 0.286. The number of ether oxygens (including phenoxy) is 1. The predicted molar refractivity (Wildman–Crippen MR) is 101 cm³/mol. The van der Waals surface area contributed by atoms with Gasteiger partial charge in [0.2, 0.25) is 5.88 Å². The van der Waals surface area contributed by atoms with Crippen LogP contribution < -0.4 is 4.74 Å². The van der Waals surface area contributed by atoms with E-state index in [4.69, 9.17) is 4.74 Å². The zero-order valence-corrected chi connectivity index (χ0v) is 15.4. The van der Waals surface area contributed by atoms with Gasteiger partial charge in [0, 0.05) is 25.2 Å². The van der Waals surface area contributed by atoms with E-state index in [0.29, 0.717) is 17.1 Å². The first-order valence-corrected chi connectivity index (χ1v) is 8.78. The Bertz CT molecular complexity index is 847. The molecular weight excluding hydrogens is 329 g/mol. The third kappa shape index (κ3) is 4.11. The number of rotatable bonds is 7. The van der Waals surface area contributed by atoms with Crippen LogP contribution in [-0.2, 0) is 13.6 Å². The van der Waals surface area contributed by atoms with Gasteiger partial charge in [-0.1, -0.05) is 49.4 Å². The average molecular weight is 353 g/mol. The molecule has 0 aliphatic rings. The van der Waals surface area contributed by atoms with Crippen LogP contribution in [-0.4, -0.2) is 28.0 Å². The molecule has 0 radical (unpaired) electrons. The van der Waals surface area contributed by atoms with Gasteiger partial charge < -0.3 is 4.74 Å². The Labute approximate surface area is 153 Å². The summed E-state index contributed by atoms with van der Waals surface area (Å²) in [6.07, 6.45) is 0.725. The van der Waals surface area contributed by atoms with Crippen LogP contribution in [0.3, 0.4) is 0 Å². The molecule has 0 amide bonds. The SMILES string of the molecule is CCC(Oc1cc(-c2ccccc2F)nn1C)N(C)Cc1ccccc1. The molecule has 1 unspecified atom stereocenters. The Kier molecular flexibility index (Phi) is 5.68. The molecule has 0 saturated heterocycles. The molecule has 1 aromatic heterocycles. The summed E-state index contributed by atoms with van der Waals surface area (Å²) >= 11 is 0. The van der Waals surface area contributed by atoms with E-state index in [1.165, 1.54) is 11.6 Å². The van der Waals surface area contributed by atoms with Gasteiger partial charge >= 0.3 is 0 Å². The first-order chi connectivity index (χ1) is 12.6. The fourth-order valence-corrected chi connectivity index (χ4v) is 2.96. The van der Waals surface area contributed by atoms with Gasteiger partial charge in [0.05, 0.1) is 5.69 Å². The Morgan fingerprint density at radius 3 is 2.50 bits per heavy atom. The number of hydrogen-bond acceptors (Lipinski definition) is 3. The zero-order valence-electron chi connectivity index (χ0n) is 15.4. The molecule has 2 aromatic carbocycles. The molecule has 4 nitrogen and oxygen atoms in total. The molecule has 0 spiro atoms. The second-order valence-corrected chi connectivity index (χ2v) is 6.35. The maximum atomic E-state index is 14.0. The summed E-state index contributed by atoms with van der Waals surface area (Å²) in [5.74, 6) is 0.334. The largest absolute Gasteiger partial charge is 0.458 e. The van der Waals surface area contributed by atoms with E-state index < -0.39 is 0 Å². The van der Waals surface area contributed by atoms with Crippen molar-refractivity contribution in [3.8, 4) is 17.1 Å². The number of aromatic nitrogens is 2. The van der Waals surface area contributed by atoms with Gasteiger partial charge in [-0.2, -0.15) is 5.10 Å². The summed E-state index contributed by atoms with van der Waals surface area (Å²) in [6.45, 7) is 2.87. The lowest BCUT2D eigenvalue weighted by atomic mass is 10.1. The van der Waals surface area contributed by atoms with Crippen molar-refractivity contribution in [3.05, 3.63) is 72.0 Å². The Balaban J connectivity index is 1.75. The van der Waals surface area contributed by atoms with Crippen molar-refractivity contribution in [1.29, 1.82) is 0 Å². The Hall–Kier alpha value is -2.66. The number of hydrogen-bond donors (Lipinski definition) is 0. The highest BCUT2D eigenvalue weighted by atomic mass is 19.1. The van der Waals surface area contributed by atoms with Crippen LogP contribution >= 0.6 is 0 Å². The molecule has 3 aromatic rings. The van der Waals surface area contributed by atoms with Crippen LogP contribution in [0.25, 0.3) is 11.3 Å². The molecular formula is C21H24FN3O. The van der Waals surface area contributed by atoms with Crippen molar-refractivity contribution in [3.63, 3.8) is 0 Å². The molecule has 1 atom stereocenters. The second kappa shape index (κ2) is 8.15. The van der Waals surface area contributed by atoms with E-state index in [2.05, 4.69) is 29.1 Å². The van der Waals surface area contributed by atoms with Crippen molar-refractivity contribution >= 4 is 0 Å². The lowest BCUT2D eigenvalue weighted by Gasteiger charge is -2.27. The first-order valence-electron chi connectivity index (χ1n) is 8.78. The smallest absolute Gasteiger partial charge is 0.213 e. The second-order valence-electron chi connectivity index (χ2n) is 6.35. The molecule has 0 N–H and O–H groups in total. The number of benzene rings is 2. The van der Waals surface area contributed by atoms with E-state index in [1.807, 2.05) is 32.3 Å². The van der Waals surface area contributed by atoms with Crippen LogP contribution in [0, 0.1) is 5.82 Å². The van der Waals surface area contributed by atoms with Crippen LogP contribution in [0.4, 0.5) is 4.39 Å². The molecule has 136 valence electrons. The van der Waals surface area contributed by atoms with Gasteiger partial charge in [-0.25, -0.2) is 9.07 Å². The minimum absolute atomic E-state index is 0.0981. The lowest BCUT2D eigenvalue weighted by Crippen LogP contribution is -2.36. The highest BCUT2D eigenvalue weighted by Gasteiger charge is 2.18. The van der Waals surface area contributed by atoms with Crippen molar-refractivity contribution in [2.24, 2.45) is 7.05 Å². The quantitative estimate of drug-likeness (QED) is 0.587. The normalized spacial score (nSPS) is 12.3. The highest BCUT2D eigenvalue weighted by Crippen LogP contribution is 2.26. The van der Waals surface area contributed by atoms with Crippen molar-refractivity contribution in [1.82, 2.24) is 14.7 Å². The Morgan fingerprint density at radius 2 is 1.81 bits per heavy atom. The van der Waals surface area contributed by atoms with Crippen LogP contribution in [0.15, 0.2) is 60.7 Å². The summed E-state index contributed by atoms with van der Waals surface area (Å²) in [4.78, 5) is 2.16. The standard InChI is InChI=1S/C21H24FN3O/c1-4-20(24(2)15-16-10-6-5-7-11-16)26-21-14-19(23-25(21)3)17-12-8-9-13-18(17)22/h5-14,20H,4,15H2,1-3H3. The van der Waals surface area contributed by atoms with Gasteiger partial charge in [0.1, 0.15) is 5.82 Å². The van der Waals surface area contributed by atoms with Gasteiger partial charge in [0.15, 0.2) is 6.23 Å². The van der Waals surface area contributed by atoms with Crippen LogP contribution in [0.1, 0.15) is 18.9 Å². The van der Waals surface area contributed by atoms with Crippen molar-refractivity contribution in [2.75, 3.05) is 7.05 Å². The van der Waals surface area contributed by atoms with Crippen LogP contribution in [0.5, 0.6) is 5.88 Å². The third-order valence-electron chi connectivity index (χ3n) is 4.36. The maximum Gasteiger partial charge on any atom is 0.213 e. The fourth-order valence-electron chi connectivity index (χ4n) is 2.96. The summed E-state index contributed by atoms with van der Waals surface area (Å²) < 4.78 is 21.8. The molecule has 3 rings (SSSR count). The predicted octanol–water partition coefficient (Wildman–Crippen LogP) is 4.47. The molecule has 5 heteroatoms. The van der Waals surface area contributed by atoms with E-state index in [-0.39, 0.29) is 12.0 Å². The number of aryl methyl sites for hydroxylation is 1. The monoisotopic (exact) mass is 353 g/mol.